The van der Waals surface area contributed by atoms with E-state index in [0.29, 0.717) is 17.2 Å². The summed E-state index contributed by atoms with van der Waals surface area (Å²) in [6, 6.07) is 6.72. The average molecular weight is 269 g/mol. The van der Waals surface area contributed by atoms with Crippen molar-refractivity contribution in [1.29, 1.82) is 0 Å². The molecule has 0 N–H and O–H groups in total. The van der Waals surface area contributed by atoms with Gasteiger partial charge in [0, 0.05) is 17.0 Å². The number of hydrogen-bond donors (Lipinski definition) is 0. The normalized spacial score (nSPS) is 10.1. The van der Waals surface area contributed by atoms with E-state index in [1.54, 1.807) is 24.3 Å². The Bertz CT molecular complexity index is 415. The number of esters is 1. The van der Waals surface area contributed by atoms with Gasteiger partial charge >= 0.3 is 5.97 Å². The third-order valence-corrected chi connectivity index (χ3v) is 2.70. The first kappa shape index (κ1) is 14.7. The fourth-order valence-electron chi connectivity index (χ4n) is 1.42. The molecule has 1 aromatic carbocycles. The molecule has 18 heavy (non-hydrogen) atoms. The summed E-state index contributed by atoms with van der Waals surface area (Å²) in [7, 11) is 0. The van der Waals surface area contributed by atoms with Gasteiger partial charge in [0.05, 0.1) is 13.0 Å². The number of unbranched alkanes of at least 4 members (excludes halogenated alkanes) is 1. The van der Waals surface area contributed by atoms with Crippen LogP contribution < -0.4 is 0 Å². The summed E-state index contributed by atoms with van der Waals surface area (Å²) in [6.45, 7) is 2.46. The van der Waals surface area contributed by atoms with Gasteiger partial charge in [-0.2, -0.15) is 0 Å². The second-order valence-electron chi connectivity index (χ2n) is 4.01. The van der Waals surface area contributed by atoms with Crippen molar-refractivity contribution in [3.8, 4) is 0 Å². The van der Waals surface area contributed by atoms with Crippen molar-refractivity contribution in [2.24, 2.45) is 0 Å². The van der Waals surface area contributed by atoms with Crippen LogP contribution in [-0.4, -0.2) is 18.4 Å². The minimum absolute atomic E-state index is 0.0926. The molecule has 0 aliphatic heterocycles. The van der Waals surface area contributed by atoms with Crippen LogP contribution in [0.25, 0.3) is 0 Å². The number of ether oxygens (including phenoxy) is 1. The molecule has 0 bridgehead atoms. The van der Waals surface area contributed by atoms with E-state index in [2.05, 4.69) is 0 Å². The van der Waals surface area contributed by atoms with Crippen LogP contribution in [0.2, 0.25) is 5.02 Å². The SMILES string of the molecule is CCCCOC(=O)CCC(=O)c1cccc(Cl)c1. The van der Waals surface area contributed by atoms with Crippen LogP contribution in [-0.2, 0) is 9.53 Å². The van der Waals surface area contributed by atoms with Gasteiger partial charge in [-0.3, -0.25) is 9.59 Å². The maximum Gasteiger partial charge on any atom is 0.306 e. The molecule has 0 amide bonds. The second-order valence-corrected chi connectivity index (χ2v) is 4.44. The van der Waals surface area contributed by atoms with E-state index in [1.165, 1.54) is 0 Å². The van der Waals surface area contributed by atoms with Gasteiger partial charge in [0.1, 0.15) is 0 Å². The molecule has 0 unspecified atom stereocenters. The van der Waals surface area contributed by atoms with Gasteiger partial charge in [0.25, 0.3) is 0 Å². The highest BCUT2D eigenvalue weighted by Gasteiger charge is 2.10. The van der Waals surface area contributed by atoms with Gasteiger partial charge in [-0.05, 0) is 18.6 Å². The number of carbonyl (C=O) groups excluding carboxylic acids is 2. The van der Waals surface area contributed by atoms with Crippen LogP contribution in [0.1, 0.15) is 43.0 Å². The first-order chi connectivity index (χ1) is 8.63. The lowest BCUT2D eigenvalue weighted by molar-refractivity contribution is -0.143. The zero-order valence-corrected chi connectivity index (χ0v) is 11.2. The Morgan fingerprint density at radius 3 is 2.72 bits per heavy atom. The zero-order valence-electron chi connectivity index (χ0n) is 10.4. The molecule has 0 fully saturated rings. The lowest BCUT2D eigenvalue weighted by atomic mass is 10.1. The quantitative estimate of drug-likeness (QED) is 0.431. The van der Waals surface area contributed by atoms with Gasteiger partial charge < -0.3 is 4.74 Å². The summed E-state index contributed by atoms with van der Waals surface area (Å²) >= 11 is 5.79. The molecule has 0 saturated heterocycles. The first-order valence-corrected chi connectivity index (χ1v) is 6.45. The number of halogens is 1. The van der Waals surface area contributed by atoms with Gasteiger partial charge in [0.2, 0.25) is 0 Å². The lowest BCUT2D eigenvalue weighted by Crippen LogP contribution is -2.09. The van der Waals surface area contributed by atoms with Crippen LogP contribution in [0, 0.1) is 0 Å². The summed E-state index contributed by atoms with van der Waals surface area (Å²) < 4.78 is 4.98. The zero-order chi connectivity index (χ0) is 13.4. The molecule has 1 rings (SSSR count). The highest BCUT2D eigenvalue weighted by molar-refractivity contribution is 6.31. The third kappa shape index (κ3) is 5.32. The fourth-order valence-corrected chi connectivity index (χ4v) is 1.61. The topological polar surface area (TPSA) is 43.4 Å². The fraction of sp³-hybridized carbons (Fsp3) is 0.429. The van der Waals surface area contributed by atoms with Gasteiger partial charge in [-0.15, -0.1) is 0 Å². The van der Waals surface area contributed by atoms with E-state index < -0.39 is 0 Å². The highest BCUT2D eigenvalue weighted by atomic mass is 35.5. The predicted molar refractivity (Wildman–Crippen MR) is 70.9 cm³/mol. The number of ketones is 1. The van der Waals surface area contributed by atoms with Crippen LogP contribution in [0.15, 0.2) is 24.3 Å². The Hall–Kier alpha value is -1.35. The molecule has 0 aliphatic carbocycles. The maximum atomic E-state index is 11.8. The molecule has 3 nitrogen and oxygen atoms in total. The molecule has 0 spiro atoms. The summed E-state index contributed by atoms with van der Waals surface area (Å²) in [6.07, 6.45) is 2.11. The Labute approximate surface area is 112 Å². The minimum Gasteiger partial charge on any atom is -0.466 e. The van der Waals surface area contributed by atoms with E-state index in [0.717, 1.165) is 12.8 Å². The molecule has 98 valence electrons. The number of benzene rings is 1. The average Bonchev–Trinajstić information content (AvgIpc) is 2.36. The molecule has 0 atom stereocenters. The number of rotatable bonds is 7. The minimum atomic E-state index is -0.321. The molecular weight excluding hydrogens is 252 g/mol. The van der Waals surface area contributed by atoms with E-state index in [-0.39, 0.29) is 24.6 Å². The van der Waals surface area contributed by atoms with Crippen LogP contribution in [0.5, 0.6) is 0 Å². The van der Waals surface area contributed by atoms with Crippen molar-refractivity contribution in [2.45, 2.75) is 32.6 Å². The first-order valence-electron chi connectivity index (χ1n) is 6.08. The predicted octanol–water partition coefficient (Wildman–Crippen LogP) is 3.65. The third-order valence-electron chi connectivity index (χ3n) is 2.46. The number of carbonyl (C=O) groups is 2. The molecule has 0 aliphatic rings. The standard InChI is InChI=1S/C14H17ClO3/c1-2-3-9-18-14(17)8-7-13(16)11-5-4-6-12(15)10-11/h4-6,10H,2-3,7-9H2,1H3. The van der Waals surface area contributed by atoms with E-state index >= 15 is 0 Å². The van der Waals surface area contributed by atoms with Gasteiger partial charge in [0.15, 0.2) is 5.78 Å². The van der Waals surface area contributed by atoms with E-state index in [4.69, 9.17) is 16.3 Å². The van der Waals surface area contributed by atoms with Crippen molar-refractivity contribution in [3.63, 3.8) is 0 Å². The molecule has 0 aromatic heterocycles. The lowest BCUT2D eigenvalue weighted by Gasteiger charge is -2.04. The monoisotopic (exact) mass is 268 g/mol. The Balaban J connectivity index is 2.35. The van der Waals surface area contributed by atoms with Crippen LogP contribution in [0.3, 0.4) is 0 Å². The largest absolute Gasteiger partial charge is 0.466 e. The Kier molecular flexibility index (Phi) is 6.44. The molecule has 0 radical (unpaired) electrons. The van der Waals surface area contributed by atoms with Gasteiger partial charge in [-0.25, -0.2) is 0 Å². The Morgan fingerprint density at radius 1 is 1.28 bits per heavy atom. The summed E-state index contributed by atoms with van der Waals surface area (Å²) in [5, 5.41) is 0.520. The van der Waals surface area contributed by atoms with Crippen LogP contribution in [0.4, 0.5) is 0 Å². The van der Waals surface area contributed by atoms with Gasteiger partial charge in [-0.1, -0.05) is 37.1 Å². The smallest absolute Gasteiger partial charge is 0.306 e. The van der Waals surface area contributed by atoms with E-state index in [9.17, 15) is 9.59 Å². The van der Waals surface area contributed by atoms with Crippen molar-refractivity contribution in [3.05, 3.63) is 34.9 Å². The Morgan fingerprint density at radius 2 is 2.06 bits per heavy atom. The maximum absolute atomic E-state index is 11.8. The summed E-state index contributed by atoms with van der Waals surface area (Å²) in [4.78, 5) is 23.1. The summed E-state index contributed by atoms with van der Waals surface area (Å²) in [5.74, 6) is -0.413. The van der Waals surface area contributed by atoms with Crippen molar-refractivity contribution >= 4 is 23.4 Å². The second kappa shape index (κ2) is 7.88. The van der Waals surface area contributed by atoms with Crippen molar-refractivity contribution in [1.82, 2.24) is 0 Å². The number of hydrogen-bond acceptors (Lipinski definition) is 3. The molecular formula is C14H17ClO3. The highest BCUT2D eigenvalue weighted by Crippen LogP contribution is 2.13. The molecule has 0 saturated carbocycles. The molecule has 1 aromatic rings. The molecule has 4 heteroatoms. The van der Waals surface area contributed by atoms with E-state index in [1.807, 2.05) is 6.92 Å². The van der Waals surface area contributed by atoms with Crippen molar-refractivity contribution in [2.75, 3.05) is 6.61 Å². The van der Waals surface area contributed by atoms with Crippen LogP contribution >= 0.6 is 11.6 Å². The molecule has 0 heterocycles. The number of Topliss-reactive ketones (excluding diaryl/α,β-unsaturated/α-hetero) is 1. The summed E-state index contributed by atoms with van der Waals surface area (Å²) in [5.41, 5.74) is 0.531. The van der Waals surface area contributed by atoms with Crippen molar-refractivity contribution < 1.29 is 14.3 Å².